The van der Waals surface area contributed by atoms with Gasteiger partial charge in [-0.05, 0) is 61.6 Å². The van der Waals surface area contributed by atoms with E-state index in [0.717, 1.165) is 28.7 Å². The topological polar surface area (TPSA) is 61.8 Å². The number of methoxy groups -OCH3 is 1. The van der Waals surface area contributed by atoms with E-state index in [1.165, 1.54) is 5.56 Å². The quantitative estimate of drug-likeness (QED) is 0.884. The Kier molecular flexibility index (Phi) is 5.07. The first-order valence-electron chi connectivity index (χ1n) is 8.97. The maximum atomic E-state index is 12.7. The van der Waals surface area contributed by atoms with Gasteiger partial charge < -0.3 is 20.1 Å². The molecule has 0 aliphatic carbocycles. The number of carbonyl (C=O) groups excluding carboxylic acids is 1. The number of hydrogen-bond donors (Lipinski definition) is 2. The number of benzene rings is 2. The lowest BCUT2D eigenvalue weighted by molar-refractivity contribution is 0.180. The Balaban J connectivity index is 2.16. The summed E-state index contributed by atoms with van der Waals surface area (Å²) in [6.07, 6.45) is 0.727. The van der Waals surface area contributed by atoms with Crippen molar-refractivity contribution < 1.29 is 14.6 Å². The molecule has 0 bridgehead atoms. The Hall–Kier alpha value is -2.69. The van der Waals surface area contributed by atoms with E-state index in [-0.39, 0.29) is 17.8 Å². The van der Waals surface area contributed by atoms with Gasteiger partial charge in [0.25, 0.3) is 0 Å². The maximum Gasteiger partial charge on any atom is 0.318 e. The van der Waals surface area contributed by atoms with Crippen LogP contribution in [0.5, 0.6) is 11.5 Å². The second-order valence-electron chi connectivity index (χ2n) is 6.76. The summed E-state index contributed by atoms with van der Waals surface area (Å²) in [4.78, 5) is 14.6. The molecule has 1 heterocycles. The SMILES string of the molecule is CCNC(=O)N1CCc2cc(OC)c(O)cc2C1c1ccc(C)cc1C. The number of aromatic hydroxyl groups is 1. The van der Waals surface area contributed by atoms with E-state index in [9.17, 15) is 9.90 Å². The highest BCUT2D eigenvalue weighted by Crippen LogP contribution is 2.41. The molecule has 3 rings (SSSR count). The van der Waals surface area contributed by atoms with Gasteiger partial charge >= 0.3 is 6.03 Å². The summed E-state index contributed by atoms with van der Waals surface area (Å²) in [5.41, 5.74) is 5.45. The van der Waals surface area contributed by atoms with Crippen molar-refractivity contribution in [2.24, 2.45) is 0 Å². The Morgan fingerprint density at radius 3 is 2.69 bits per heavy atom. The fourth-order valence-electron chi connectivity index (χ4n) is 3.74. The molecule has 26 heavy (non-hydrogen) atoms. The summed E-state index contributed by atoms with van der Waals surface area (Å²) in [5, 5.41) is 13.2. The average Bonchev–Trinajstić information content (AvgIpc) is 2.61. The van der Waals surface area contributed by atoms with Crippen molar-refractivity contribution in [3.63, 3.8) is 0 Å². The van der Waals surface area contributed by atoms with Gasteiger partial charge in [-0.1, -0.05) is 23.8 Å². The van der Waals surface area contributed by atoms with Crippen LogP contribution < -0.4 is 10.1 Å². The summed E-state index contributed by atoms with van der Waals surface area (Å²) in [7, 11) is 1.55. The summed E-state index contributed by atoms with van der Waals surface area (Å²) >= 11 is 0. The van der Waals surface area contributed by atoms with Gasteiger partial charge in [-0.2, -0.15) is 0 Å². The van der Waals surface area contributed by atoms with Crippen LogP contribution in [0, 0.1) is 13.8 Å². The van der Waals surface area contributed by atoms with Crippen molar-refractivity contribution in [2.45, 2.75) is 33.2 Å². The summed E-state index contributed by atoms with van der Waals surface area (Å²) in [6, 6.07) is 9.58. The molecule has 0 aromatic heterocycles. The summed E-state index contributed by atoms with van der Waals surface area (Å²) < 4.78 is 5.26. The standard InChI is InChI=1S/C21H26N2O3/c1-5-22-21(25)23-9-8-15-11-19(26-4)18(24)12-17(15)20(23)16-7-6-13(2)10-14(16)3/h6-7,10-12,20,24H,5,8-9H2,1-4H3,(H,22,25). The molecule has 5 heteroatoms. The van der Waals surface area contributed by atoms with E-state index in [4.69, 9.17) is 4.74 Å². The molecule has 1 atom stereocenters. The highest BCUT2D eigenvalue weighted by atomic mass is 16.5. The normalized spacial score (nSPS) is 16.2. The third-order valence-corrected chi connectivity index (χ3v) is 4.98. The van der Waals surface area contributed by atoms with Crippen molar-refractivity contribution in [3.8, 4) is 11.5 Å². The second kappa shape index (κ2) is 7.28. The molecule has 1 aliphatic rings. The van der Waals surface area contributed by atoms with Crippen LogP contribution in [0.4, 0.5) is 4.79 Å². The maximum absolute atomic E-state index is 12.7. The molecule has 0 spiro atoms. The number of phenolic OH excluding ortho intramolecular Hbond substituents is 1. The van der Waals surface area contributed by atoms with Gasteiger partial charge in [-0.15, -0.1) is 0 Å². The zero-order chi connectivity index (χ0) is 18.8. The molecule has 1 aliphatic heterocycles. The van der Waals surface area contributed by atoms with Gasteiger partial charge in [0, 0.05) is 13.1 Å². The Bertz CT molecular complexity index is 832. The first-order chi connectivity index (χ1) is 12.5. The number of aryl methyl sites for hydroxylation is 2. The molecule has 2 aromatic carbocycles. The average molecular weight is 354 g/mol. The number of rotatable bonds is 3. The predicted molar refractivity (Wildman–Crippen MR) is 102 cm³/mol. The number of nitrogens with one attached hydrogen (secondary N) is 1. The fourth-order valence-corrected chi connectivity index (χ4v) is 3.74. The Morgan fingerprint density at radius 2 is 2.04 bits per heavy atom. The van der Waals surface area contributed by atoms with Crippen LogP contribution in [0.3, 0.4) is 0 Å². The predicted octanol–water partition coefficient (Wildman–Crippen LogP) is 3.69. The van der Waals surface area contributed by atoms with Gasteiger partial charge in [0.1, 0.15) is 0 Å². The number of ether oxygens (including phenoxy) is 1. The smallest absolute Gasteiger partial charge is 0.318 e. The van der Waals surface area contributed by atoms with E-state index in [1.807, 2.05) is 17.9 Å². The van der Waals surface area contributed by atoms with Crippen LogP contribution in [0.25, 0.3) is 0 Å². The monoisotopic (exact) mass is 354 g/mol. The number of urea groups is 1. The molecule has 2 amide bonds. The molecular weight excluding hydrogens is 328 g/mol. The van der Waals surface area contributed by atoms with E-state index in [1.54, 1.807) is 13.2 Å². The van der Waals surface area contributed by atoms with Gasteiger partial charge in [-0.3, -0.25) is 0 Å². The first-order valence-corrected chi connectivity index (χ1v) is 8.97. The van der Waals surface area contributed by atoms with Crippen molar-refractivity contribution >= 4 is 6.03 Å². The van der Waals surface area contributed by atoms with Crippen molar-refractivity contribution in [2.75, 3.05) is 20.2 Å². The van der Waals surface area contributed by atoms with E-state index >= 15 is 0 Å². The molecule has 2 N–H and O–H groups in total. The Morgan fingerprint density at radius 1 is 1.27 bits per heavy atom. The number of nitrogens with zero attached hydrogens (tertiary/aromatic N) is 1. The minimum atomic E-state index is -0.234. The summed E-state index contributed by atoms with van der Waals surface area (Å²) in [5.74, 6) is 0.563. The molecular formula is C21H26N2O3. The van der Waals surface area contributed by atoms with Crippen LogP contribution >= 0.6 is 0 Å². The number of fused-ring (bicyclic) bond motifs is 1. The molecule has 5 nitrogen and oxygen atoms in total. The zero-order valence-corrected chi connectivity index (χ0v) is 15.8. The fraction of sp³-hybridized carbons (Fsp3) is 0.381. The van der Waals surface area contributed by atoms with Gasteiger partial charge in [0.15, 0.2) is 11.5 Å². The minimum absolute atomic E-state index is 0.0848. The van der Waals surface area contributed by atoms with Crippen molar-refractivity contribution in [1.29, 1.82) is 0 Å². The number of hydrogen-bond acceptors (Lipinski definition) is 3. The third kappa shape index (κ3) is 3.21. The first kappa shape index (κ1) is 18.1. The highest BCUT2D eigenvalue weighted by molar-refractivity contribution is 5.76. The minimum Gasteiger partial charge on any atom is -0.504 e. The lowest BCUT2D eigenvalue weighted by atomic mass is 9.85. The van der Waals surface area contributed by atoms with Crippen LogP contribution in [0.2, 0.25) is 0 Å². The van der Waals surface area contributed by atoms with Crippen molar-refractivity contribution in [3.05, 3.63) is 58.1 Å². The van der Waals surface area contributed by atoms with E-state index in [2.05, 4.69) is 37.4 Å². The molecule has 0 saturated heterocycles. The molecule has 0 saturated carbocycles. The third-order valence-electron chi connectivity index (χ3n) is 4.98. The number of carbonyl (C=O) groups is 1. The van der Waals surface area contributed by atoms with Crippen LogP contribution in [0.1, 0.15) is 40.8 Å². The largest absolute Gasteiger partial charge is 0.504 e. The Labute approximate surface area is 154 Å². The van der Waals surface area contributed by atoms with Gasteiger partial charge in [0.05, 0.1) is 13.2 Å². The highest BCUT2D eigenvalue weighted by Gasteiger charge is 2.33. The van der Waals surface area contributed by atoms with Crippen molar-refractivity contribution in [1.82, 2.24) is 10.2 Å². The molecule has 1 unspecified atom stereocenters. The summed E-state index contributed by atoms with van der Waals surface area (Å²) in [6.45, 7) is 7.23. The number of phenols is 1. The molecule has 0 radical (unpaired) electrons. The van der Waals surface area contributed by atoms with Crippen LogP contribution in [-0.4, -0.2) is 36.2 Å². The van der Waals surface area contributed by atoms with Crippen LogP contribution in [-0.2, 0) is 6.42 Å². The molecule has 0 fully saturated rings. The lowest BCUT2D eigenvalue weighted by Gasteiger charge is -2.38. The second-order valence-corrected chi connectivity index (χ2v) is 6.76. The van der Waals surface area contributed by atoms with E-state index in [0.29, 0.717) is 18.8 Å². The van der Waals surface area contributed by atoms with Crippen LogP contribution in [0.15, 0.2) is 30.3 Å². The zero-order valence-electron chi connectivity index (χ0n) is 15.8. The molecule has 2 aromatic rings. The number of amides is 2. The molecule has 138 valence electrons. The van der Waals surface area contributed by atoms with Gasteiger partial charge in [-0.25, -0.2) is 4.79 Å². The van der Waals surface area contributed by atoms with E-state index < -0.39 is 0 Å². The lowest BCUT2D eigenvalue weighted by Crippen LogP contribution is -2.46. The van der Waals surface area contributed by atoms with Gasteiger partial charge in [0.2, 0.25) is 0 Å².